The summed E-state index contributed by atoms with van der Waals surface area (Å²) in [6, 6.07) is 17.6. The van der Waals surface area contributed by atoms with Gasteiger partial charge in [-0.05, 0) is 24.1 Å². The molecular formula is C18H18N4OS. The topological polar surface area (TPSA) is 70.1 Å². The summed E-state index contributed by atoms with van der Waals surface area (Å²) in [7, 11) is 0. The number of carbonyl (C=O) groups excluding carboxylic acids is 1. The molecule has 0 unspecified atom stereocenters. The predicted molar refractivity (Wildman–Crippen MR) is 98.2 cm³/mol. The highest BCUT2D eigenvalue weighted by molar-refractivity contribution is 7.99. The zero-order chi connectivity index (χ0) is 16.8. The van der Waals surface area contributed by atoms with Crippen LogP contribution in [0.15, 0.2) is 64.9 Å². The van der Waals surface area contributed by atoms with Gasteiger partial charge in [0.05, 0.1) is 22.5 Å². The number of imidazole rings is 1. The molecule has 6 heteroatoms. The first kappa shape index (κ1) is 16.3. The molecule has 0 saturated carbocycles. The van der Waals surface area contributed by atoms with Crippen molar-refractivity contribution in [1.82, 2.24) is 15.4 Å². The molecule has 0 spiro atoms. The van der Waals surface area contributed by atoms with Gasteiger partial charge in [-0.2, -0.15) is 5.10 Å². The smallest absolute Gasteiger partial charge is 0.250 e. The molecule has 0 atom stereocenters. The number of nitrogens with one attached hydrogen (secondary N) is 2. The summed E-state index contributed by atoms with van der Waals surface area (Å²) in [4.78, 5) is 19.6. The molecule has 2 aromatic carbocycles. The third kappa shape index (κ3) is 4.02. The van der Waals surface area contributed by atoms with Gasteiger partial charge in [-0.15, -0.1) is 0 Å². The van der Waals surface area contributed by atoms with Crippen molar-refractivity contribution in [3.63, 3.8) is 0 Å². The maximum Gasteiger partial charge on any atom is 0.250 e. The number of amides is 1. The van der Waals surface area contributed by atoms with Crippen LogP contribution in [0, 0.1) is 0 Å². The molecule has 0 radical (unpaired) electrons. The normalized spacial score (nSPS) is 11.6. The minimum atomic E-state index is -0.151. The second-order valence-electron chi connectivity index (χ2n) is 5.16. The largest absolute Gasteiger partial charge is 0.333 e. The third-order valence-corrected chi connectivity index (χ3v) is 4.34. The van der Waals surface area contributed by atoms with Crippen LogP contribution in [0.5, 0.6) is 0 Å². The number of rotatable bonds is 6. The molecule has 1 amide bonds. The van der Waals surface area contributed by atoms with E-state index in [0.717, 1.165) is 33.9 Å². The fraction of sp³-hybridized carbons (Fsp3) is 0.167. The molecule has 5 nitrogen and oxygen atoms in total. The van der Waals surface area contributed by atoms with E-state index in [4.69, 9.17) is 0 Å². The summed E-state index contributed by atoms with van der Waals surface area (Å²) < 4.78 is 0. The van der Waals surface area contributed by atoms with E-state index in [9.17, 15) is 4.79 Å². The summed E-state index contributed by atoms with van der Waals surface area (Å²) in [5.74, 6) is 0.108. The third-order valence-electron chi connectivity index (χ3n) is 3.47. The van der Waals surface area contributed by atoms with Crippen molar-refractivity contribution in [1.29, 1.82) is 0 Å². The zero-order valence-corrected chi connectivity index (χ0v) is 14.1. The van der Waals surface area contributed by atoms with Crippen LogP contribution in [-0.2, 0) is 4.79 Å². The van der Waals surface area contributed by atoms with Gasteiger partial charge in [0.15, 0.2) is 5.16 Å². The lowest BCUT2D eigenvalue weighted by Gasteiger charge is -2.04. The molecule has 122 valence electrons. The van der Waals surface area contributed by atoms with Crippen LogP contribution >= 0.6 is 11.8 Å². The van der Waals surface area contributed by atoms with E-state index >= 15 is 0 Å². The molecule has 24 heavy (non-hydrogen) atoms. The van der Waals surface area contributed by atoms with Crippen molar-refractivity contribution in [2.24, 2.45) is 5.10 Å². The Labute approximate surface area is 144 Å². The van der Waals surface area contributed by atoms with Gasteiger partial charge in [0, 0.05) is 0 Å². The monoisotopic (exact) mass is 338 g/mol. The number of para-hydroxylation sites is 2. The Bertz CT molecular complexity index is 825. The molecular weight excluding hydrogens is 320 g/mol. The minimum absolute atomic E-state index is 0.151. The quantitative estimate of drug-likeness (QED) is 0.410. The lowest BCUT2D eigenvalue weighted by molar-refractivity contribution is -0.118. The van der Waals surface area contributed by atoms with E-state index in [1.165, 1.54) is 11.8 Å². The van der Waals surface area contributed by atoms with Crippen LogP contribution < -0.4 is 5.43 Å². The SMILES string of the molecule is CCC(=NNC(=O)CSc1nc2ccccc2[nH]1)c1ccccc1. The Morgan fingerprint density at radius 2 is 1.92 bits per heavy atom. The van der Waals surface area contributed by atoms with Crippen LogP contribution in [0.1, 0.15) is 18.9 Å². The van der Waals surface area contributed by atoms with Gasteiger partial charge in [-0.25, -0.2) is 10.4 Å². The molecule has 0 bridgehead atoms. The number of aromatic amines is 1. The second-order valence-corrected chi connectivity index (χ2v) is 6.12. The summed E-state index contributed by atoms with van der Waals surface area (Å²) in [5, 5.41) is 4.97. The summed E-state index contributed by atoms with van der Waals surface area (Å²) >= 11 is 1.36. The molecule has 0 aliphatic carbocycles. The highest BCUT2D eigenvalue weighted by Crippen LogP contribution is 2.18. The molecule has 1 heterocycles. The van der Waals surface area contributed by atoms with Gasteiger partial charge < -0.3 is 4.98 Å². The Balaban J connectivity index is 1.58. The number of thioether (sulfide) groups is 1. The Hall–Kier alpha value is -2.60. The average molecular weight is 338 g/mol. The predicted octanol–water partition coefficient (Wildman–Crippen LogP) is 3.59. The van der Waals surface area contributed by atoms with Crippen molar-refractivity contribution in [3.05, 3.63) is 60.2 Å². The number of hydrogen-bond donors (Lipinski definition) is 2. The van der Waals surface area contributed by atoms with Crippen molar-refractivity contribution in [3.8, 4) is 0 Å². The molecule has 1 aromatic heterocycles. The van der Waals surface area contributed by atoms with Gasteiger partial charge in [0.1, 0.15) is 0 Å². The Morgan fingerprint density at radius 3 is 2.67 bits per heavy atom. The number of H-pyrrole nitrogens is 1. The first-order valence-electron chi connectivity index (χ1n) is 7.74. The van der Waals surface area contributed by atoms with E-state index in [2.05, 4.69) is 20.5 Å². The highest BCUT2D eigenvalue weighted by Gasteiger charge is 2.07. The van der Waals surface area contributed by atoms with E-state index in [1.54, 1.807) is 0 Å². The molecule has 3 rings (SSSR count). The summed E-state index contributed by atoms with van der Waals surface area (Å²) in [6.45, 7) is 2.02. The Kier molecular flexibility index (Phi) is 5.28. The number of hydrazone groups is 1. The van der Waals surface area contributed by atoms with E-state index < -0.39 is 0 Å². The van der Waals surface area contributed by atoms with Gasteiger partial charge in [-0.3, -0.25) is 4.79 Å². The van der Waals surface area contributed by atoms with Crippen LogP contribution in [-0.4, -0.2) is 27.3 Å². The maximum atomic E-state index is 12.0. The molecule has 3 aromatic rings. The standard InChI is InChI=1S/C18H18N4OS/c1-2-14(13-8-4-3-5-9-13)21-22-17(23)12-24-18-19-15-10-6-7-11-16(15)20-18/h3-11H,2,12H2,1H3,(H,19,20)(H,22,23). The van der Waals surface area contributed by atoms with Crippen molar-refractivity contribution >= 4 is 34.4 Å². The Morgan fingerprint density at radius 1 is 1.17 bits per heavy atom. The van der Waals surface area contributed by atoms with Crippen molar-refractivity contribution < 1.29 is 4.79 Å². The molecule has 0 aliphatic rings. The first-order valence-corrected chi connectivity index (χ1v) is 8.73. The lowest BCUT2D eigenvalue weighted by atomic mass is 10.1. The summed E-state index contributed by atoms with van der Waals surface area (Å²) in [6.07, 6.45) is 0.751. The number of carbonyl (C=O) groups is 1. The fourth-order valence-electron chi connectivity index (χ4n) is 2.27. The van der Waals surface area contributed by atoms with Crippen LogP contribution in [0.4, 0.5) is 0 Å². The van der Waals surface area contributed by atoms with Crippen LogP contribution in [0.25, 0.3) is 11.0 Å². The van der Waals surface area contributed by atoms with Crippen molar-refractivity contribution in [2.45, 2.75) is 18.5 Å². The minimum Gasteiger partial charge on any atom is -0.333 e. The number of fused-ring (bicyclic) bond motifs is 1. The summed E-state index contributed by atoms with van der Waals surface area (Å²) in [5.41, 5.74) is 6.37. The number of aromatic nitrogens is 2. The molecule has 0 saturated heterocycles. The molecule has 0 fully saturated rings. The van der Waals surface area contributed by atoms with Crippen molar-refractivity contribution in [2.75, 3.05) is 5.75 Å². The maximum absolute atomic E-state index is 12.0. The fourth-order valence-corrected chi connectivity index (χ4v) is 2.95. The van der Waals surface area contributed by atoms with Crippen LogP contribution in [0.3, 0.4) is 0 Å². The van der Waals surface area contributed by atoms with E-state index in [0.29, 0.717) is 0 Å². The van der Waals surface area contributed by atoms with E-state index in [-0.39, 0.29) is 11.7 Å². The number of nitrogens with zero attached hydrogens (tertiary/aromatic N) is 2. The second kappa shape index (κ2) is 7.79. The highest BCUT2D eigenvalue weighted by atomic mass is 32.2. The van der Waals surface area contributed by atoms with Gasteiger partial charge in [0.2, 0.25) is 0 Å². The molecule has 0 aliphatic heterocycles. The molecule has 2 N–H and O–H groups in total. The first-order chi connectivity index (χ1) is 11.8. The van der Waals surface area contributed by atoms with Gasteiger partial charge in [0.25, 0.3) is 5.91 Å². The number of hydrogen-bond acceptors (Lipinski definition) is 4. The average Bonchev–Trinajstić information content (AvgIpc) is 3.04. The van der Waals surface area contributed by atoms with Crippen LogP contribution in [0.2, 0.25) is 0 Å². The zero-order valence-electron chi connectivity index (χ0n) is 13.3. The number of benzene rings is 2. The van der Waals surface area contributed by atoms with E-state index in [1.807, 2.05) is 61.5 Å². The van der Waals surface area contributed by atoms with Gasteiger partial charge >= 0.3 is 0 Å². The lowest BCUT2D eigenvalue weighted by Crippen LogP contribution is -2.21. The van der Waals surface area contributed by atoms with Gasteiger partial charge in [-0.1, -0.05) is 61.2 Å².